The van der Waals surface area contributed by atoms with Crippen molar-refractivity contribution >= 4 is 17.9 Å². The third-order valence-electron chi connectivity index (χ3n) is 5.60. The topological polar surface area (TPSA) is 82.1 Å². The molecule has 1 aliphatic rings. The average Bonchev–Trinajstić information content (AvgIpc) is 2.60. The predicted molar refractivity (Wildman–Crippen MR) is 101 cm³/mol. The van der Waals surface area contributed by atoms with Crippen LogP contribution < -0.4 is 0 Å². The standard InChI is InChI=1S/C20H33NO6/c1-9-11-20(16(23)26-7,17(24)27-8)14(15(22)25-6)21-18(2,3)12-10-13-19(21,4)5/h9,14H,1,10-13H2,2-8H3. The molecule has 0 aromatic carbocycles. The molecular weight excluding hydrogens is 350 g/mol. The van der Waals surface area contributed by atoms with E-state index in [1.807, 2.05) is 32.6 Å². The van der Waals surface area contributed by atoms with Crippen LogP contribution in [0, 0.1) is 5.41 Å². The van der Waals surface area contributed by atoms with Gasteiger partial charge >= 0.3 is 17.9 Å². The molecule has 1 saturated heterocycles. The number of likely N-dealkylation sites (tertiary alicyclic amines) is 1. The molecule has 154 valence electrons. The van der Waals surface area contributed by atoms with Crippen LogP contribution in [0.4, 0.5) is 0 Å². The van der Waals surface area contributed by atoms with Crippen LogP contribution in [0.25, 0.3) is 0 Å². The third kappa shape index (κ3) is 4.03. The van der Waals surface area contributed by atoms with Crippen molar-refractivity contribution in [1.29, 1.82) is 0 Å². The van der Waals surface area contributed by atoms with Crippen LogP contribution in [0.1, 0.15) is 53.4 Å². The van der Waals surface area contributed by atoms with Crippen molar-refractivity contribution in [2.24, 2.45) is 5.41 Å². The molecule has 0 saturated carbocycles. The van der Waals surface area contributed by atoms with Gasteiger partial charge in [-0.15, -0.1) is 6.58 Å². The summed E-state index contributed by atoms with van der Waals surface area (Å²) < 4.78 is 15.0. The SMILES string of the molecule is C=CCC(C(=O)OC)(C(=O)OC)C(C(=O)OC)N1C(C)(C)CCCC1(C)C. The predicted octanol–water partition coefficient (Wildman–Crippen LogP) is 2.48. The van der Waals surface area contributed by atoms with E-state index in [-0.39, 0.29) is 6.42 Å². The summed E-state index contributed by atoms with van der Waals surface area (Å²) in [5.41, 5.74) is -2.84. The first-order valence-electron chi connectivity index (χ1n) is 9.11. The molecule has 0 aliphatic carbocycles. The lowest BCUT2D eigenvalue weighted by Crippen LogP contribution is -2.71. The van der Waals surface area contributed by atoms with Gasteiger partial charge in [-0.3, -0.25) is 19.3 Å². The monoisotopic (exact) mass is 383 g/mol. The number of nitrogens with zero attached hydrogens (tertiary/aromatic N) is 1. The molecule has 7 heteroatoms. The Bertz CT molecular complexity index is 563. The highest BCUT2D eigenvalue weighted by Crippen LogP contribution is 2.46. The van der Waals surface area contributed by atoms with Crippen molar-refractivity contribution < 1.29 is 28.6 Å². The Labute approximate surface area is 162 Å². The van der Waals surface area contributed by atoms with Gasteiger partial charge in [0.2, 0.25) is 0 Å². The van der Waals surface area contributed by atoms with Crippen molar-refractivity contribution in [2.45, 2.75) is 70.5 Å². The summed E-state index contributed by atoms with van der Waals surface area (Å²) in [4.78, 5) is 40.8. The molecule has 0 bridgehead atoms. The highest BCUT2D eigenvalue weighted by molar-refractivity contribution is 6.05. The number of ether oxygens (including phenoxy) is 3. The van der Waals surface area contributed by atoms with Crippen LogP contribution in [0.15, 0.2) is 12.7 Å². The van der Waals surface area contributed by atoms with Crippen LogP contribution in [-0.2, 0) is 28.6 Å². The lowest BCUT2D eigenvalue weighted by atomic mass is 9.70. The molecule has 1 fully saturated rings. The lowest BCUT2D eigenvalue weighted by Gasteiger charge is -2.57. The largest absolute Gasteiger partial charge is 0.468 e. The number of hydrogen-bond donors (Lipinski definition) is 0. The van der Waals surface area contributed by atoms with Gasteiger partial charge in [-0.25, -0.2) is 0 Å². The van der Waals surface area contributed by atoms with Gasteiger partial charge in [-0.1, -0.05) is 6.08 Å². The summed E-state index contributed by atoms with van der Waals surface area (Å²) in [6, 6.07) is -1.22. The lowest BCUT2D eigenvalue weighted by molar-refractivity contribution is -0.193. The van der Waals surface area contributed by atoms with Gasteiger partial charge in [0.05, 0.1) is 21.3 Å². The molecule has 1 rings (SSSR count). The second-order valence-electron chi connectivity index (χ2n) is 8.22. The van der Waals surface area contributed by atoms with Crippen molar-refractivity contribution in [3.8, 4) is 0 Å². The number of hydrogen-bond acceptors (Lipinski definition) is 7. The highest BCUT2D eigenvalue weighted by atomic mass is 16.6. The molecule has 27 heavy (non-hydrogen) atoms. The molecule has 0 aromatic rings. The van der Waals surface area contributed by atoms with Gasteiger partial charge in [-0.05, 0) is 53.4 Å². The zero-order chi connectivity index (χ0) is 21.0. The fraction of sp³-hybridized carbons (Fsp3) is 0.750. The molecule has 1 heterocycles. The zero-order valence-electron chi connectivity index (χ0n) is 17.6. The minimum Gasteiger partial charge on any atom is -0.468 e. The Kier molecular flexibility index (Phi) is 7.22. The Morgan fingerprint density at radius 3 is 1.78 bits per heavy atom. The van der Waals surface area contributed by atoms with Crippen LogP contribution in [0.3, 0.4) is 0 Å². The molecule has 0 spiro atoms. The maximum absolute atomic E-state index is 13.0. The Hall–Kier alpha value is -1.89. The number of carbonyl (C=O) groups is 3. The summed E-state index contributed by atoms with van der Waals surface area (Å²) in [6.07, 6.45) is 3.88. The number of piperidine rings is 1. The average molecular weight is 383 g/mol. The molecular formula is C20H33NO6. The van der Waals surface area contributed by atoms with E-state index in [1.54, 1.807) is 0 Å². The highest BCUT2D eigenvalue weighted by Gasteiger charge is 2.63. The zero-order valence-corrected chi connectivity index (χ0v) is 17.6. The second-order valence-corrected chi connectivity index (χ2v) is 8.22. The fourth-order valence-corrected chi connectivity index (χ4v) is 4.53. The summed E-state index contributed by atoms with van der Waals surface area (Å²) in [7, 11) is 3.61. The van der Waals surface area contributed by atoms with Gasteiger partial charge in [0, 0.05) is 11.1 Å². The Morgan fingerprint density at radius 1 is 1.00 bits per heavy atom. The maximum atomic E-state index is 13.0. The van der Waals surface area contributed by atoms with Gasteiger partial charge in [0.1, 0.15) is 6.04 Å². The van der Waals surface area contributed by atoms with E-state index < -0.39 is 40.4 Å². The van der Waals surface area contributed by atoms with E-state index in [4.69, 9.17) is 14.2 Å². The number of carbonyl (C=O) groups excluding carboxylic acids is 3. The van der Waals surface area contributed by atoms with Crippen molar-refractivity contribution in [2.75, 3.05) is 21.3 Å². The number of methoxy groups -OCH3 is 3. The third-order valence-corrected chi connectivity index (χ3v) is 5.60. The molecule has 0 N–H and O–H groups in total. The molecule has 1 atom stereocenters. The quantitative estimate of drug-likeness (QED) is 0.289. The molecule has 0 radical (unpaired) electrons. The number of esters is 3. The fourth-order valence-electron chi connectivity index (χ4n) is 4.53. The minimum atomic E-state index is -1.91. The molecule has 0 aromatic heterocycles. The summed E-state index contributed by atoms with van der Waals surface area (Å²) in [6.45, 7) is 11.7. The second kappa shape index (κ2) is 8.42. The van der Waals surface area contributed by atoms with Crippen LogP contribution in [0.2, 0.25) is 0 Å². The normalized spacial score (nSPS) is 20.3. The van der Waals surface area contributed by atoms with Gasteiger partial charge < -0.3 is 14.2 Å². The van der Waals surface area contributed by atoms with E-state index in [2.05, 4.69) is 6.58 Å². The molecule has 7 nitrogen and oxygen atoms in total. The smallest absolute Gasteiger partial charge is 0.325 e. The first-order chi connectivity index (χ1) is 12.5. The first kappa shape index (κ1) is 23.1. The van der Waals surface area contributed by atoms with Crippen molar-refractivity contribution in [3.05, 3.63) is 12.7 Å². The Balaban J connectivity index is 3.84. The maximum Gasteiger partial charge on any atom is 0.325 e. The van der Waals surface area contributed by atoms with Crippen LogP contribution in [-0.4, -0.2) is 61.3 Å². The summed E-state index contributed by atoms with van der Waals surface area (Å²) in [5.74, 6) is -2.38. The van der Waals surface area contributed by atoms with E-state index in [0.717, 1.165) is 19.3 Å². The molecule has 1 unspecified atom stereocenters. The van der Waals surface area contributed by atoms with E-state index in [0.29, 0.717) is 0 Å². The van der Waals surface area contributed by atoms with E-state index in [1.165, 1.54) is 27.4 Å². The number of allylic oxidation sites excluding steroid dienone is 1. The van der Waals surface area contributed by atoms with Gasteiger partial charge in [0.25, 0.3) is 0 Å². The van der Waals surface area contributed by atoms with E-state index in [9.17, 15) is 14.4 Å². The van der Waals surface area contributed by atoms with E-state index >= 15 is 0 Å². The summed E-state index contributed by atoms with van der Waals surface area (Å²) >= 11 is 0. The van der Waals surface area contributed by atoms with Crippen LogP contribution >= 0.6 is 0 Å². The van der Waals surface area contributed by atoms with Gasteiger partial charge in [0.15, 0.2) is 5.41 Å². The van der Waals surface area contributed by atoms with Crippen molar-refractivity contribution in [3.63, 3.8) is 0 Å². The first-order valence-corrected chi connectivity index (χ1v) is 9.11. The van der Waals surface area contributed by atoms with Crippen LogP contribution in [0.5, 0.6) is 0 Å². The number of rotatable bonds is 7. The molecule has 1 aliphatic heterocycles. The van der Waals surface area contributed by atoms with Crippen molar-refractivity contribution in [1.82, 2.24) is 4.90 Å². The molecule has 0 amide bonds. The summed E-state index contributed by atoms with van der Waals surface area (Å²) in [5, 5.41) is 0. The van der Waals surface area contributed by atoms with Gasteiger partial charge in [-0.2, -0.15) is 0 Å². The Morgan fingerprint density at radius 2 is 1.44 bits per heavy atom. The minimum absolute atomic E-state index is 0.116.